The molecule has 0 saturated heterocycles. The average Bonchev–Trinajstić information content (AvgIpc) is 2.43. The number of hydrogen-bond acceptors (Lipinski definition) is 2. The lowest BCUT2D eigenvalue weighted by atomic mass is 9.48. The maximum absolute atomic E-state index is 11.8. The summed E-state index contributed by atoms with van der Waals surface area (Å²) in [5.74, 6) is -0.957. The predicted molar refractivity (Wildman–Crippen MR) is 93.7 cm³/mol. The van der Waals surface area contributed by atoms with Crippen molar-refractivity contribution in [1.82, 2.24) is 0 Å². The smallest absolute Gasteiger partial charge is 0.331 e. The second-order valence-electron chi connectivity index (χ2n) is 8.93. The summed E-state index contributed by atoms with van der Waals surface area (Å²) in [6.07, 6.45) is 7.93. The molecule has 1 saturated carbocycles. The molecule has 0 aromatic carbocycles. The molecule has 4 atom stereocenters. The Morgan fingerprint density at radius 1 is 1.25 bits per heavy atom. The Kier molecular flexibility index (Phi) is 5.46. The zero-order chi connectivity index (χ0) is 18.1. The molecule has 0 amide bonds. The predicted octanol–water partition coefficient (Wildman–Crippen LogP) is 4.74. The van der Waals surface area contributed by atoms with E-state index < -0.39 is 11.9 Å². The van der Waals surface area contributed by atoms with Crippen LogP contribution < -0.4 is 0 Å². The molecule has 2 rings (SSSR count). The molecule has 0 heterocycles. The minimum absolute atomic E-state index is 0.00711. The zero-order valence-electron chi connectivity index (χ0n) is 15.5. The Balaban J connectivity index is 2.25. The van der Waals surface area contributed by atoms with Crippen molar-refractivity contribution in [3.05, 3.63) is 11.6 Å². The summed E-state index contributed by atoms with van der Waals surface area (Å²) in [7, 11) is 0. The Hall–Kier alpha value is -1.32. The molecule has 24 heavy (non-hydrogen) atoms. The number of hydrogen-bond donors (Lipinski definition) is 2. The number of rotatable bonds is 6. The SMILES string of the molecule is C[C@H](CC[C@H]1C(C(=O)O)=CC[C@H]2C(C)(C)CCC[C@@]12C)CC(=O)O. The molecule has 0 aromatic heterocycles. The average molecular weight is 336 g/mol. The largest absolute Gasteiger partial charge is 0.481 e. The fraction of sp³-hybridized carbons (Fsp3) is 0.800. The number of allylic oxidation sites excluding steroid dienone is 1. The number of carboxylic acids is 2. The highest BCUT2D eigenvalue weighted by atomic mass is 16.4. The monoisotopic (exact) mass is 336 g/mol. The van der Waals surface area contributed by atoms with Crippen LogP contribution in [0.15, 0.2) is 11.6 Å². The second kappa shape index (κ2) is 6.89. The van der Waals surface area contributed by atoms with Crippen molar-refractivity contribution < 1.29 is 19.8 Å². The van der Waals surface area contributed by atoms with Crippen LogP contribution in [-0.2, 0) is 9.59 Å². The van der Waals surface area contributed by atoms with Gasteiger partial charge < -0.3 is 10.2 Å². The third kappa shape index (κ3) is 3.68. The van der Waals surface area contributed by atoms with Crippen LogP contribution in [0.2, 0.25) is 0 Å². The lowest BCUT2D eigenvalue weighted by molar-refractivity contribution is -0.138. The van der Waals surface area contributed by atoms with Gasteiger partial charge in [-0.1, -0.05) is 40.2 Å². The first-order valence-corrected chi connectivity index (χ1v) is 9.23. The maximum atomic E-state index is 11.8. The molecule has 0 aromatic rings. The number of fused-ring (bicyclic) bond motifs is 1. The molecule has 0 aliphatic heterocycles. The fourth-order valence-corrected chi connectivity index (χ4v) is 5.49. The van der Waals surface area contributed by atoms with E-state index in [0.29, 0.717) is 11.5 Å². The molecule has 4 nitrogen and oxygen atoms in total. The summed E-state index contributed by atoms with van der Waals surface area (Å²) in [5, 5.41) is 18.7. The molecule has 0 radical (unpaired) electrons. The van der Waals surface area contributed by atoms with E-state index >= 15 is 0 Å². The molecule has 0 unspecified atom stereocenters. The summed E-state index contributed by atoms with van der Waals surface area (Å²) in [4.78, 5) is 22.7. The third-order valence-electron chi connectivity index (χ3n) is 6.74. The van der Waals surface area contributed by atoms with Crippen LogP contribution in [0, 0.1) is 28.6 Å². The molecule has 2 aliphatic carbocycles. The molecule has 2 aliphatic rings. The quantitative estimate of drug-likeness (QED) is 0.734. The lowest BCUT2D eigenvalue weighted by Gasteiger charge is -2.56. The van der Waals surface area contributed by atoms with Gasteiger partial charge in [-0.2, -0.15) is 0 Å². The van der Waals surface area contributed by atoms with Crippen molar-refractivity contribution >= 4 is 11.9 Å². The van der Waals surface area contributed by atoms with Crippen LogP contribution in [-0.4, -0.2) is 22.2 Å². The van der Waals surface area contributed by atoms with Gasteiger partial charge in [0.25, 0.3) is 0 Å². The zero-order valence-corrected chi connectivity index (χ0v) is 15.5. The van der Waals surface area contributed by atoms with Gasteiger partial charge >= 0.3 is 11.9 Å². The molecular weight excluding hydrogens is 304 g/mol. The molecule has 0 bridgehead atoms. The standard InChI is InChI=1S/C20H32O4/c1-13(12-17(21)22)6-8-15-14(18(23)24)7-9-16-19(2,3)10-5-11-20(15,16)4/h7,13,15-16H,5-6,8-12H2,1-4H3,(H,21,22)(H,23,24)/t13-,15+,16+,20+/m1/s1. The Labute approximate surface area is 145 Å². The van der Waals surface area contributed by atoms with E-state index in [1.807, 2.05) is 13.0 Å². The van der Waals surface area contributed by atoms with Gasteiger partial charge in [0.05, 0.1) is 0 Å². The topological polar surface area (TPSA) is 74.6 Å². The third-order valence-corrected chi connectivity index (χ3v) is 6.74. The minimum atomic E-state index is -0.797. The first-order valence-electron chi connectivity index (χ1n) is 9.23. The van der Waals surface area contributed by atoms with E-state index in [9.17, 15) is 14.7 Å². The fourth-order valence-electron chi connectivity index (χ4n) is 5.49. The van der Waals surface area contributed by atoms with Crippen molar-refractivity contribution in [3.63, 3.8) is 0 Å². The van der Waals surface area contributed by atoms with Gasteiger partial charge in [-0.05, 0) is 60.7 Å². The van der Waals surface area contributed by atoms with Crippen LogP contribution in [0.1, 0.15) is 72.6 Å². The van der Waals surface area contributed by atoms with Gasteiger partial charge in [-0.15, -0.1) is 0 Å². The van der Waals surface area contributed by atoms with Crippen LogP contribution in [0.4, 0.5) is 0 Å². The van der Waals surface area contributed by atoms with Gasteiger partial charge in [-0.25, -0.2) is 4.79 Å². The second-order valence-corrected chi connectivity index (χ2v) is 8.93. The molecular formula is C20H32O4. The maximum Gasteiger partial charge on any atom is 0.331 e. The summed E-state index contributed by atoms with van der Waals surface area (Å²) < 4.78 is 0. The van der Waals surface area contributed by atoms with Gasteiger partial charge in [0.15, 0.2) is 0 Å². The molecule has 136 valence electrons. The van der Waals surface area contributed by atoms with Crippen molar-refractivity contribution in [2.45, 2.75) is 72.6 Å². The highest BCUT2D eigenvalue weighted by Crippen LogP contribution is 2.60. The molecule has 0 spiro atoms. The number of carbonyl (C=O) groups is 2. The summed E-state index contributed by atoms with van der Waals surface area (Å²) in [5.41, 5.74) is 0.806. The van der Waals surface area contributed by atoms with E-state index in [-0.39, 0.29) is 29.1 Å². The summed E-state index contributed by atoms with van der Waals surface area (Å²) in [6, 6.07) is 0. The van der Waals surface area contributed by atoms with Crippen molar-refractivity contribution in [3.8, 4) is 0 Å². The van der Waals surface area contributed by atoms with E-state index in [1.54, 1.807) is 0 Å². The molecule has 1 fully saturated rings. The minimum Gasteiger partial charge on any atom is -0.481 e. The van der Waals surface area contributed by atoms with Gasteiger partial charge in [0.2, 0.25) is 0 Å². The van der Waals surface area contributed by atoms with E-state index in [1.165, 1.54) is 6.42 Å². The van der Waals surface area contributed by atoms with Crippen LogP contribution >= 0.6 is 0 Å². The van der Waals surface area contributed by atoms with Crippen molar-refractivity contribution in [2.24, 2.45) is 28.6 Å². The van der Waals surface area contributed by atoms with Crippen molar-refractivity contribution in [2.75, 3.05) is 0 Å². The molecule has 2 N–H and O–H groups in total. The van der Waals surface area contributed by atoms with Gasteiger partial charge in [0.1, 0.15) is 0 Å². The number of carboxylic acid groups (broad SMARTS) is 2. The molecule has 4 heteroatoms. The normalized spacial score (nSPS) is 33.2. The first-order chi connectivity index (χ1) is 11.1. The van der Waals surface area contributed by atoms with E-state index in [2.05, 4.69) is 20.8 Å². The van der Waals surface area contributed by atoms with E-state index in [0.717, 1.165) is 32.1 Å². The van der Waals surface area contributed by atoms with Gasteiger partial charge in [-0.3, -0.25) is 4.79 Å². The van der Waals surface area contributed by atoms with Crippen LogP contribution in [0.25, 0.3) is 0 Å². The van der Waals surface area contributed by atoms with E-state index in [4.69, 9.17) is 5.11 Å². The summed E-state index contributed by atoms with van der Waals surface area (Å²) in [6.45, 7) is 8.87. The van der Waals surface area contributed by atoms with Gasteiger partial charge in [0, 0.05) is 12.0 Å². The Morgan fingerprint density at radius 3 is 2.50 bits per heavy atom. The Bertz CT molecular complexity index is 534. The highest BCUT2D eigenvalue weighted by molar-refractivity contribution is 5.87. The number of aliphatic carboxylic acids is 2. The van der Waals surface area contributed by atoms with Crippen LogP contribution in [0.3, 0.4) is 0 Å². The summed E-state index contributed by atoms with van der Waals surface area (Å²) >= 11 is 0. The highest BCUT2D eigenvalue weighted by Gasteiger charge is 2.53. The Morgan fingerprint density at radius 2 is 1.92 bits per heavy atom. The lowest BCUT2D eigenvalue weighted by Crippen LogP contribution is -2.49. The van der Waals surface area contributed by atoms with Crippen LogP contribution in [0.5, 0.6) is 0 Å². The van der Waals surface area contributed by atoms with Crippen molar-refractivity contribution in [1.29, 1.82) is 0 Å². The first kappa shape index (κ1) is 19.0.